The second-order valence-corrected chi connectivity index (χ2v) is 4.29. The van der Waals surface area contributed by atoms with E-state index in [4.69, 9.17) is 5.73 Å². The third-order valence-corrected chi connectivity index (χ3v) is 3.12. The third kappa shape index (κ3) is 2.65. The van der Waals surface area contributed by atoms with Crippen LogP contribution in [0.2, 0.25) is 0 Å². The Labute approximate surface area is 99.9 Å². The van der Waals surface area contributed by atoms with Gasteiger partial charge in [0.25, 0.3) is 0 Å². The Bertz CT molecular complexity index is 502. The Hall–Kier alpha value is -1.40. The predicted molar refractivity (Wildman–Crippen MR) is 60.4 cm³/mol. The van der Waals surface area contributed by atoms with Gasteiger partial charge in [-0.2, -0.15) is 13.2 Å². The van der Waals surface area contributed by atoms with Gasteiger partial charge in [-0.1, -0.05) is 24.3 Å². The van der Waals surface area contributed by atoms with Crippen molar-refractivity contribution in [3.8, 4) is 10.6 Å². The number of nitrogens with zero attached hydrogens (tertiary/aromatic N) is 1. The number of hydrogen-bond acceptors (Lipinski definition) is 3. The van der Waals surface area contributed by atoms with Crippen molar-refractivity contribution in [2.75, 3.05) is 0 Å². The van der Waals surface area contributed by atoms with Crippen molar-refractivity contribution in [3.63, 3.8) is 0 Å². The highest BCUT2D eigenvalue weighted by atomic mass is 32.1. The van der Waals surface area contributed by atoms with E-state index in [1.165, 1.54) is 0 Å². The molecule has 90 valence electrons. The summed E-state index contributed by atoms with van der Waals surface area (Å²) < 4.78 is 37.1. The Morgan fingerprint density at radius 3 is 2.29 bits per heavy atom. The van der Waals surface area contributed by atoms with Crippen molar-refractivity contribution < 1.29 is 13.2 Å². The largest absolute Gasteiger partial charge is 0.434 e. The maximum Gasteiger partial charge on any atom is 0.434 e. The number of hydrogen-bond donors (Lipinski definition) is 1. The zero-order valence-corrected chi connectivity index (χ0v) is 9.48. The van der Waals surface area contributed by atoms with Crippen molar-refractivity contribution in [1.82, 2.24) is 4.98 Å². The van der Waals surface area contributed by atoms with E-state index in [0.717, 1.165) is 22.3 Å². The number of rotatable bonds is 2. The molecule has 2 rings (SSSR count). The van der Waals surface area contributed by atoms with Gasteiger partial charge in [-0.05, 0) is 5.56 Å². The second-order valence-electron chi connectivity index (χ2n) is 3.44. The third-order valence-electron chi connectivity index (χ3n) is 2.23. The molecule has 0 fully saturated rings. The quantitative estimate of drug-likeness (QED) is 0.897. The minimum Gasteiger partial charge on any atom is -0.326 e. The maximum absolute atomic E-state index is 12.4. The second kappa shape index (κ2) is 4.46. The monoisotopic (exact) mass is 258 g/mol. The Kier molecular flexibility index (Phi) is 3.17. The summed E-state index contributed by atoms with van der Waals surface area (Å²) in [6.45, 7) is 0.409. The van der Waals surface area contributed by atoms with Crippen molar-refractivity contribution in [1.29, 1.82) is 0 Å². The Morgan fingerprint density at radius 1 is 1.18 bits per heavy atom. The van der Waals surface area contributed by atoms with Crippen LogP contribution in [0.3, 0.4) is 0 Å². The molecule has 6 heteroatoms. The van der Waals surface area contributed by atoms with Crippen LogP contribution in [0.15, 0.2) is 29.6 Å². The molecule has 0 unspecified atom stereocenters. The van der Waals surface area contributed by atoms with E-state index in [9.17, 15) is 13.2 Å². The topological polar surface area (TPSA) is 38.9 Å². The van der Waals surface area contributed by atoms with Gasteiger partial charge in [0.2, 0.25) is 0 Å². The molecule has 2 N–H and O–H groups in total. The summed E-state index contributed by atoms with van der Waals surface area (Å²) >= 11 is 0.981. The number of nitrogens with two attached hydrogens (primary N) is 1. The Morgan fingerprint density at radius 2 is 1.82 bits per heavy atom. The van der Waals surface area contributed by atoms with Gasteiger partial charge in [0.15, 0.2) is 5.69 Å². The van der Waals surface area contributed by atoms with E-state index >= 15 is 0 Å². The van der Waals surface area contributed by atoms with E-state index in [1.54, 1.807) is 24.3 Å². The van der Waals surface area contributed by atoms with Gasteiger partial charge in [-0.15, -0.1) is 11.3 Å². The van der Waals surface area contributed by atoms with Crippen LogP contribution in [0.5, 0.6) is 0 Å². The lowest BCUT2D eigenvalue weighted by atomic mass is 10.1. The van der Waals surface area contributed by atoms with E-state index in [0.29, 0.717) is 17.1 Å². The van der Waals surface area contributed by atoms with Gasteiger partial charge in [0, 0.05) is 17.5 Å². The summed E-state index contributed by atoms with van der Waals surface area (Å²) in [6.07, 6.45) is -4.38. The van der Waals surface area contributed by atoms with Crippen LogP contribution in [0.25, 0.3) is 10.6 Å². The van der Waals surface area contributed by atoms with Crippen LogP contribution in [-0.4, -0.2) is 4.98 Å². The molecule has 1 heterocycles. The Balaban J connectivity index is 2.30. The molecule has 0 bridgehead atoms. The van der Waals surface area contributed by atoms with Crippen LogP contribution in [-0.2, 0) is 12.7 Å². The van der Waals surface area contributed by atoms with E-state index in [1.807, 2.05) is 0 Å². The number of thiazole rings is 1. The minimum absolute atomic E-state index is 0.362. The molecular formula is C11H9F3N2S. The maximum atomic E-state index is 12.4. The lowest BCUT2D eigenvalue weighted by Crippen LogP contribution is -2.04. The zero-order chi connectivity index (χ0) is 12.5. The standard InChI is InChI=1S/C11H9F3N2S/c12-11(13,14)9-6-17-10(16-9)8-3-1-7(5-15)2-4-8/h1-4,6H,5,15H2. The first-order valence-corrected chi connectivity index (χ1v) is 5.71. The van der Waals surface area contributed by atoms with E-state index < -0.39 is 11.9 Å². The fourth-order valence-corrected chi connectivity index (χ4v) is 2.15. The van der Waals surface area contributed by atoms with Crippen molar-refractivity contribution >= 4 is 11.3 Å². The first-order valence-electron chi connectivity index (χ1n) is 4.83. The van der Waals surface area contributed by atoms with Gasteiger partial charge in [-0.3, -0.25) is 0 Å². The molecule has 0 aliphatic heterocycles. The van der Waals surface area contributed by atoms with Crippen LogP contribution in [0.1, 0.15) is 11.3 Å². The predicted octanol–water partition coefficient (Wildman–Crippen LogP) is 3.29. The van der Waals surface area contributed by atoms with Crippen molar-refractivity contribution in [2.24, 2.45) is 5.73 Å². The fourth-order valence-electron chi connectivity index (χ4n) is 1.32. The highest BCUT2D eigenvalue weighted by molar-refractivity contribution is 7.13. The summed E-state index contributed by atoms with van der Waals surface area (Å²) in [4.78, 5) is 3.57. The molecule has 2 aromatic rings. The average Bonchev–Trinajstić information content (AvgIpc) is 2.78. The van der Waals surface area contributed by atoms with E-state index in [2.05, 4.69) is 4.98 Å². The van der Waals surface area contributed by atoms with Crippen molar-refractivity contribution in [2.45, 2.75) is 12.7 Å². The van der Waals surface area contributed by atoms with Crippen LogP contribution < -0.4 is 5.73 Å². The first-order chi connectivity index (χ1) is 8.00. The summed E-state index contributed by atoms with van der Waals surface area (Å²) in [7, 11) is 0. The number of halogens is 3. The molecule has 0 aliphatic carbocycles. The van der Waals surface area contributed by atoms with Crippen LogP contribution >= 0.6 is 11.3 Å². The lowest BCUT2D eigenvalue weighted by molar-refractivity contribution is -0.140. The fraction of sp³-hybridized carbons (Fsp3) is 0.182. The summed E-state index contributed by atoms with van der Waals surface area (Å²) in [5.74, 6) is 0. The summed E-state index contributed by atoms with van der Waals surface area (Å²) in [5, 5.41) is 1.38. The van der Waals surface area contributed by atoms with Gasteiger partial charge in [-0.25, -0.2) is 4.98 Å². The normalized spacial score (nSPS) is 11.8. The van der Waals surface area contributed by atoms with Crippen LogP contribution in [0.4, 0.5) is 13.2 Å². The summed E-state index contributed by atoms with van der Waals surface area (Å²) in [6, 6.07) is 7.01. The van der Waals surface area contributed by atoms with Crippen molar-refractivity contribution in [3.05, 3.63) is 40.9 Å². The molecule has 0 atom stereocenters. The zero-order valence-electron chi connectivity index (χ0n) is 8.66. The summed E-state index contributed by atoms with van der Waals surface area (Å²) in [5.41, 5.74) is 6.19. The van der Waals surface area contributed by atoms with Gasteiger partial charge < -0.3 is 5.73 Å². The first kappa shape index (κ1) is 12.1. The van der Waals surface area contributed by atoms with E-state index in [-0.39, 0.29) is 0 Å². The molecule has 0 saturated carbocycles. The van der Waals surface area contributed by atoms with Gasteiger partial charge >= 0.3 is 6.18 Å². The molecule has 0 saturated heterocycles. The van der Waals surface area contributed by atoms with Gasteiger partial charge in [0.05, 0.1) is 0 Å². The minimum atomic E-state index is -4.38. The average molecular weight is 258 g/mol. The molecule has 2 nitrogen and oxygen atoms in total. The molecule has 1 aromatic carbocycles. The number of alkyl halides is 3. The molecule has 0 amide bonds. The smallest absolute Gasteiger partial charge is 0.326 e. The molecule has 1 aromatic heterocycles. The number of aromatic nitrogens is 1. The molecule has 17 heavy (non-hydrogen) atoms. The van der Waals surface area contributed by atoms with Crippen LogP contribution in [0, 0.1) is 0 Å². The highest BCUT2D eigenvalue weighted by Gasteiger charge is 2.33. The molecule has 0 spiro atoms. The van der Waals surface area contributed by atoms with Gasteiger partial charge in [0.1, 0.15) is 5.01 Å². The highest BCUT2D eigenvalue weighted by Crippen LogP contribution is 2.33. The molecular weight excluding hydrogens is 249 g/mol. The number of benzene rings is 1. The SMILES string of the molecule is NCc1ccc(-c2nc(C(F)(F)F)cs2)cc1. The lowest BCUT2D eigenvalue weighted by Gasteiger charge is -2.01. The molecule has 0 radical (unpaired) electrons. The molecule has 0 aliphatic rings.